The van der Waals surface area contributed by atoms with Gasteiger partial charge in [0.25, 0.3) is 15.9 Å². The maximum atomic E-state index is 12.6. The van der Waals surface area contributed by atoms with Gasteiger partial charge in [0.2, 0.25) is 0 Å². The standard InChI is InChI=1S/C22H22N2O4S/c1-17-7-5-6-10-21(17)24-29(26,27)20-13-11-18(12-14-20)22(25)23-15-16-28-19-8-3-2-4-9-19/h2-14,24H,15-16H2,1H3,(H,23,25). The highest BCUT2D eigenvalue weighted by Crippen LogP contribution is 2.19. The summed E-state index contributed by atoms with van der Waals surface area (Å²) in [6.07, 6.45) is 0. The number of aryl methyl sites for hydroxylation is 1. The highest BCUT2D eigenvalue weighted by molar-refractivity contribution is 7.92. The molecular formula is C22H22N2O4S. The van der Waals surface area contributed by atoms with Crippen molar-refractivity contribution in [2.75, 3.05) is 17.9 Å². The van der Waals surface area contributed by atoms with E-state index in [1.165, 1.54) is 24.3 Å². The Labute approximate surface area is 170 Å². The molecule has 0 saturated heterocycles. The fourth-order valence-electron chi connectivity index (χ4n) is 2.63. The van der Waals surface area contributed by atoms with Gasteiger partial charge in [-0.25, -0.2) is 8.42 Å². The molecule has 3 aromatic rings. The zero-order chi connectivity index (χ0) is 20.7. The number of carbonyl (C=O) groups is 1. The van der Waals surface area contributed by atoms with Crippen LogP contribution in [0.1, 0.15) is 15.9 Å². The number of benzene rings is 3. The van der Waals surface area contributed by atoms with Gasteiger partial charge >= 0.3 is 0 Å². The van der Waals surface area contributed by atoms with Crippen LogP contribution in [0.25, 0.3) is 0 Å². The van der Waals surface area contributed by atoms with Crippen molar-refractivity contribution in [3.8, 4) is 5.75 Å². The van der Waals surface area contributed by atoms with Crippen molar-refractivity contribution in [3.63, 3.8) is 0 Å². The second kappa shape index (κ2) is 9.25. The molecule has 7 heteroatoms. The van der Waals surface area contributed by atoms with Gasteiger partial charge in [-0.3, -0.25) is 9.52 Å². The fraction of sp³-hybridized carbons (Fsp3) is 0.136. The number of rotatable bonds is 8. The summed E-state index contributed by atoms with van der Waals surface area (Å²) < 4.78 is 33.2. The SMILES string of the molecule is Cc1ccccc1NS(=O)(=O)c1ccc(C(=O)NCCOc2ccccc2)cc1. The second-order valence-electron chi connectivity index (χ2n) is 6.36. The van der Waals surface area contributed by atoms with Gasteiger partial charge in [0.05, 0.1) is 17.1 Å². The number of hydrogen-bond acceptors (Lipinski definition) is 4. The minimum absolute atomic E-state index is 0.0877. The van der Waals surface area contributed by atoms with E-state index in [2.05, 4.69) is 10.0 Å². The number of carbonyl (C=O) groups excluding carboxylic acids is 1. The molecule has 0 radical (unpaired) electrons. The quantitative estimate of drug-likeness (QED) is 0.556. The molecule has 0 heterocycles. The minimum atomic E-state index is -3.73. The molecule has 0 saturated carbocycles. The topological polar surface area (TPSA) is 84.5 Å². The van der Waals surface area contributed by atoms with Gasteiger partial charge in [-0.05, 0) is 55.0 Å². The van der Waals surface area contributed by atoms with Crippen LogP contribution in [0.15, 0.2) is 83.8 Å². The van der Waals surface area contributed by atoms with Crippen LogP contribution in [0, 0.1) is 6.92 Å². The Morgan fingerprint density at radius 2 is 1.55 bits per heavy atom. The number of amides is 1. The maximum absolute atomic E-state index is 12.6. The van der Waals surface area contributed by atoms with E-state index in [0.29, 0.717) is 24.4 Å². The number of para-hydroxylation sites is 2. The number of nitrogens with one attached hydrogen (secondary N) is 2. The molecule has 6 nitrogen and oxygen atoms in total. The largest absolute Gasteiger partial charge is 0.492 e. The summed E-state index contributed by atoms with van der Waals surface area (Å²) in [5, 5.41) is 2.75. The predicted octanol–water partition coefficient (Wildman–Crippen LogP) is 3.60. The van der Waals surface area contributed by atoms with Crippen molar-refractivity contribution >= 4 is 21.6 Å². The highest BCUT2D eigenvalue weighted by atomic mass is 32.2. The van der Waals surface area contributed by atoms with Crippen LogP contribution in [0.5, 0.6) is 5.75 Å². The molecule has 0 atom stereocenters. The van der Waals surface area contributed by atoms with Crippen LogP contribution in [-0.4, -0.2) is 27.5 Å². The lowest BCUT2D eigenvalue weighted by Crippen LogP contribution is -2.28. The number of sulfonamides is 1. The van der Waals surface area contributed by atoms with Crippen LogP contribution in [0.3, 0.4) is 0 Å². The maximum Gasteiger partial charge on any atom is 0.261 e. The molecule has 0 aromatic heterocycles. The first-order valence-corrected chi connectivity index (χ1v) is 10.6. The van der Waals surface area contributed by atoms with Crippen LogP contribution in [0.2, 0.25) is 0 Å². The summed E-state index contributed by atoms with van der Waals surface area (Å²) in [4.78, 5) is 12.3. The number of hydrogen-bond donors (Lipinski definition) is 2. The van der Waals surface area contributed by atoms with Gasteiger partial charge in [0, 0.05) is 5.56 Å². The molecule has 0 spiro atoms. The molecule has 0 unspecified atom stereocenters. The summed E-state index contributed by atoms with van der Waals surface area (Å²) >= 11 is 0. The van der Waals surface area contributed by atoms with E-state index in [0.717, 1.165) is 11.3 Å². The third-order valence-electron chi connectivity index (χ3n) is 4.22. The second-order valence-corrected chi connectivity index (χ2v) is 8.04. The Balaban J connectivity index is 1.56. The molecule has 150 valence electrons. The summed E-state index contributed by atoms with van der Waals surface area (Å²) in [6, 6.07) is 22.2. The predicted molar refractivity (Wildman–Crippen MR) is 113 cm³/mol. The van der Waals surface area contributed by atoms with Crippen LogP contribution >= 0.6 is 0 Å². The van der Waals surface area contributed by atoms with Gasteiger partial charge < -0.3 is 10.1 Å². The molecule has 0 aliphatic heterocycles. The number of anilines is 1. The normalized spacial score (nSPS) is 10.9. The molecule has 0 aliphatic rings. The van der Waals surface area contributed by atoms with Crippen molar-refractivity contribution in [3.05, 3.63) is 90.0 Å². The first-order chi connectivity index (χ1) is 14.0. The monoisotopic (exact) mass is 410 g/mol. The Kier molecular flexibility index (Phi) is 6.51. The van der Waals surface area contributed by atoms with Gasteiger partial charge in [0.15, 0.2) is 0 Å². The van der Waals surface area contributed by atoms with E-state index >= 15 is 0 Å². The summed E-state index contributed by atoms with van der Waals surface area (Å²) in [5.41, 5.74) is 1.72. The average molecular weight is 410 g/mol. The van der Waals surface area contributed by atoms with E-state index in [4.69, 9.17) is 4.74 Å². The van der Waals surface area contributed by atoms with Crippen molar-refractivity contribution in [2.45, 2.75) is 11.8 Å². The summed E-state index contributed by atoms with van der Waals surface area (Å²) in [6.45, 7) is 2.50. The number of ether oxygens (including phenoxy) is 1. The molecular weight excluding hydrogens is 388 g/mol. The average Bonchev–Trinajstić information content (AvgIpc) is 2.73. The molecule has 3 aromatic carbocycles. The van der Waals surface area contributed by atoms with Crippen molar-refractivity contribution in [1.29, 1.82) is 0 Å². The van der Waals surface area contributed by atoms with Crippen LogP contribution in [0.4, 0.5) is 5.69 Å². The Morgan fingerprint density at radius 3 is 2.24 bits per heavy atom. The third kappa shape index (κ3) is 5.58. The van der Waals surface area contributed by atoms with Crippen molar-refractivity contribution in [2.24, 2.45) is 0 Å². The highest BCUT2D eigenvalue weighted by Gasteiger charge is 2.16. The summed E-state index contributed by atoms with van der Waals surface area (Å²) in [7, 11) is -3.73. The third-order valence-corrected chi connectivity index (χ3v) is 5.60. The molecule has 0 bridgehead atoms. The van der Waals surface area contributed by atoms with E-state index in [9.17, 15) is 13.2 Å². The molecule has 29 heavy (non-hydrogen) atoms. The van der Waals surface area contributed by atoms with E-state index < -0.39 is 10.0 Å². The zero-order valence-electron chi connectivity index (χ0n) is 16.0. The minimum Gasteiger partial charge on any atom is -0.492 e. The molecule has 0 aliphatic carbocycles. The van der Waals surface area contributed by atoms with Crippen LogP contribution in [-0.2, 0) is 10.0 Å². The first-order valence-electron chi connectivity index (χ1n) is 9.10. The lowest BCUT2D eigenvalue weighted by Gasteiger charge is -2.11. The van der Waals surface area contributed by atoms with Gasteiger partial charge in [-0.15, -0.1) is 0 Å². The first kappa shape index (κ1) is 20.4. The smallest absolute Gasteiger partial charge is 0.261 e. The fourth-order valence-corrected chi connectivity index (χ4v) is 3.76. The lowest BCUT2D eigenvalue weighted by atomic mass is 10.2. The van der Waals surface area contributed by atoms with E-state index in [-0.39, 0.29) is 10.8 Å². The van der Waals surface area contributed by atoms with E-state index in [1.807, 2.05) is 49.4 Å². The molecule has 2 N–H and O–H groups in total. The van der Waals surface area contributed by atoms with E-state index in [1.54, 1.807) is 12.1 Å². The Hall–Kier alpha value is -3.32. The molecule has 0 fully saturated rings. The zero-order valence-corrected chi connectivity index (χ0v) is 16.8. The summed E-state index contributed by atoms with van der Waals surface area (Å²) in [5.74, 6) is 0.440. The van der Waals surface area contributed by atoms with Gasteiger partial charge in [-0.2, -0.15) is 0 Å². The van der Waals surface area contributed by atoms with Crippen LogP contribution < -0.4 is 14.8 Å². The molecule has 3 rings (SSSR count). The molecule has 1 amide bonds. The van der Waals surface area contributed by atoms with Crippen molar-refractivity contribution in [1.82, 2.24) is 5.32 Å². The lowest BCUT2D eigenvalue weighted by molar-refractivity contribution is 0.0947. The Bertz CT molecular complexity index is 1070. The van der Waals surface area contributed by atoms with Crippen molar-refractivity contribution < 1.29 is 17.9 Å². The van der Waals surface area contributed by atoms with Gasteiger partial charge in [-0.1, -0.05) is 36.4 Å². The Morgan fingerprint density at radius 1 is 0.897 bits per heavy atom. The van der Waals surface area contributed by atoms with Gasteiger partial charge in [0.1, 0.15) is 12.4 Å².